The van der Waals surface area contributed by atoms with Crippen molar-refractivity contribution in [3.05, 3.63) is 34.9 Å². The summed E-state index contributed by atoms with van der Waals surface area (Å²) in [5, 5.41) is 3.17. The molecule has 1 aromatic rings. The maximum atomic E-state index is 3.17. The molecule has 15 heavy (non-hydrogen) atoms. The zero-order chi connectivity index (χ0) is 10.7. The van der Waals surface area contributed by atoms with Crippen molar-refractivity contribution < 1.29 is 0 Å². The van der Waals surface area contributed by atoms with Crippen LogP contribution in [0.4, 0.5) is 0 Å². The van der Waals surface area contributed by atoms with Gasteiger partial charge in [0.2, 0.25) is 0 Å². The second-order valence-corrected chi connectivity index (χ2v) is 4.48. The minimum Gasteiger partial charge on any atom is -0.307 e. The summed E-state index contributed by atoms with van der Waals surface area (Å²) in [4.78, 5) is 2.29. The van der Waals surface area contributed by atoms with Gasteiger partial charge in [-0.3, -0.25) is 4.90 Å². The Morgan fingerprint density at radius 1 is 1.27 bits per heavy atom. The predicted octanol–water partition coefficient (Wildman–Crippen LogP) is 1.78. The monoisotopic (exact) mass is 204 g/mol. The van der Waals surface area contributed by atoms with Crippen LogP contribution in [0.5, 0.6) is 0 Å². The minimum atomic E-state index is 0.942. The van der Waals surface area contributed by atoms with E-state index in [1.54, 1.807) is 11.1 Å². The van der Waals surface area contributed by atoms with E-state index in [0.717, 1.165) is 13.2 Å². The Labute approximate surface area is 92.3 Å². The van der Waals surface area contributed by atoms with Crippen LogP contribution in [-0.2, 0) is 19.4 Å². The summed E-state index contributed by atoms with van der Waals surface area (Å²) in [6, 6.07) is 6.97. The third kappa shape index (κ3) is 2.58. The first kappa shape index (κ1) is 10.7. The summed E-state index contributed by atoms with van der Waals surface area (Å²) in [5.41, 5.74) is 4.58. The van der Waals surface area contributed by atoms with Gasteiger partial charge in [-0.15, -0.1) is 0 Å². The molecule has 82 valence electrons. The van der Waals surface area contributed by atoms with Crippen molar-refractivity contribution in [2.75, 3.05) is 20.8 Å². The molecule has 0 amide bonds. The standard InChI is InChI=1S/C13H20N2/c1-14-10-15(2)9-11-6-7-12-4-3-5-13(12)8-11/h6-8,14H,3-5,9-10H2,1-2H3. The topological polar surface area (TPSA) is 15.3 Å². The zero-order valence-corrected chi connectivity index (χ0v) is 9.71. The molecule has 0 bridgehead atoms. The molecule has 0 spiro atoms. The van der Waals surface area contributed by atoms with Gasteiger partial charge in [0, 0.05) is 13.2 Å². The fourth-order valence-corrected chi connectivity index (χ4v) is 2.36. The molecule has 0 unspecified atom stereocenters. The Kier molecular flexibility index (Phi) is 3.39. The SMILES string of the molecule is CNCN(C)Cc1ccc2c(c1)CCC2. The summed E-state index contributed by atoms with van der Waals surface area (Å²) in [7, 11) is 4.13. The molecule has 2 rings (SSSR count). The van der Waals surface area contributed by atoms with Gasteiger partial charge in [-0.2, -0.15) is 0 Å². The number of fused-ring (bicyclic) bond motifs is 1. The first-order valence-electron chi connectivity index (χ1n) is 5.73. The molecule has 2 heteroatoms. The minimum absolute atomic E-state index is 0.942. The summed E-state index contributed by atoms with van der Waals surface area (Å²) < 4.78 is 0. The van der Waals surface area contributed by atoms with Crippen LogP contribution >= 0.6 is 0 Å². The van der Waals surface area contributed by atoms with Gasteiger partial charge in [0.15, 0.2) is 0 Å². The summed E-state index contributed by atoms with van der Waals surface area (Å²) in [6.45, 7) is 1.98. The molecule has 1 N–H and O–H groups in total. The van der Waals surface area contributed by atoms with Crippen molar-refractivity contribution in [2.24, 2.45) is 0 Å². The van der Waals surface area contributed by atoms with E-state index in [0.29, 0.717) is 0 Å². The van der Waals surface area contributed by atoms with E-state index in [-0.39, 0.29) is 0 Å². The molecule has 0 heterocycles. The lowest BCUT2D eigenvalue weighted by Gasteiger charge is -2.16. The van der Waals surface area contributed by atoms with Crippen molar-refractivity contribution in [1.29, 1.82) is 0 Å². The van der Waals surface area contributed by atoms with Gasteiger partial charge in [-0.25, -0.2) is 0 Å². The lowest BCUT2D eigenvalue weighted by atomic mass is 10.1. The second kappa shape index (κ2) is 4.77. The molecular weight excluding hydrogens is 184 g/mol. The Morgan fingerprint density at radius 3 is 2.87 bits per heavy atom. The lowest BCUT2D eigenvalue weighted by molar-refractivity contribution is 0.310. The third-order valence-corrected chi connectivity index (χ3v) is 3.04. The molecule has 0 fully saturated rings. The Hall–Kier alpha value is -0.860. The largest absolute Gasteiger partial charge is 0.307 e. The van der Waals surface area contributed by atoms with Crippen LogP contribution in [0.2, 0.25) is 0 Å². The maximum Gasteiger partial charge on any atom is 0.0478 e. The van der Waals surface area contributed by atoms with E-state index in [4.69, 9.17) is 0 Å². The van der Waals surface area contributed by atoms with Crippen molar-refractivity contribution in [2.45, 2.75) is 25.8 Å². The molecule has 0 aliphatic heterocycles. The first-order valence-corrected chi connectivity index (χ1v) is 5.73. The molecule has 0 saturated heterocycles. The summed E-state index contributed by atoms with van der Waals surface area (Å²) >= 11 is 0. The highest BCUT2D eigenvalue weighted by Crippen LogP contribution is 2.23. The van der Waals surface area contributed by atoms with E-state index in [1.165, 1.54) is 24.8 Å². The van der Waals surface area contributed by atoms with Crippen LogP contribution in [0.25, 0.3) is 0 Å². The molecule has 0 atom stereocenters. The van der Waals surface area contributed by atoms with E-state index in [2.05, 4.69) is 35.5 Å². The van der Waals surface area contributed by atoms with Crippen LogP contribution in [0, 0.1) is 0 Å². The first-order chi connectivity index (χ1) is 7.29. The zero-order valence-electron chi connectivity index (χ0n) is 9.71. The van der Waals surface area contributed by atoms with E-state index < -0.39 is 0 Å². The third-order valence-electron chi connectivity index (χ3n) is 3.04. The molecule has 1 aliphatic carbocycles. The van der Waals surface area contributed by atoms with Crippen LogP contribution in [-0.4, -0.2) is 25.7 Å². The fraction of sp³-hybridized carbons (Fsp3) is 0.538. The van der Waals surface area contributed by atoms with E-state index in [9.17, 15) is 0 Å². The number of nitrogens with one attached hydrogen (secondary N) is 1. The molecule has 0 radical (unpaired) electrons. The van der Waals surface area contributed by atoms with Crippen LogP contribution in [0.3, 0.4) is 0 Å². The molecule has 2 nitrogen and oxygen atoms in total. The highest BCUT2D eigenvalue weighted by atomic mass is 15.2. The normalized spacial score (nSPS) is 14.6. The second-order valence-electron chi connectivity index (χ2n) is 4.48. The Morgan fingerprint density at radius 2 is 2.07 bits per heavy atom. The van der Waals surface area contributed by atoms with Gasteiger partial charge in [0.1, 0.15) is 0 Å². The Bertz CT molecular complexity index is 333. The average Bonchev–Trinajstić information content (AvgIpc) is 2.65. The molecule has 0 aromatic heterocycles. The highest BCUT2D eigenvalue weighted by Gasteiger charge is 2.10. The smallest absolute Gasteiger partial charge is 0.0478 e. The summed E-state index contributed by atoms with van der Waals surface area (Å²) in [6.07, 6.45) is 3.89. The van der Waals surface area contributed by atoms with Crippen molar-refractivity contribution >= 4 is 0 Å². The van der Waals surface area contributed by atoms with Crippen molar-refractivity contribution in [3.8, 4) is 0 Å². The van der Waals surface area contributed by atoms with Gasteiger partial charge in [0.25, 0.3) is 0 Å². The van der Waals surface area contributed by atoms with E-state index in [1.807, 2.05) is 7.05 Å². The number of hydrogen-bond donors (Lipinski definition) is 1. The van der Waals surface area contributed by atoms with Gasteiger partial charge < -0.3 is 5.32 Å². The van der Waals surface area contributed by atoms with Crippen molar-refractivity contribution in [1.82, 2.24) is 10.2 Å². The number of rotatable bonds is 4. The van der Waals surface area contributed by atoms with Gasteiger partial charge in [-0.05, 0) is 50.0 Å². The average molecular weight is 204 g/mol. The van der Waals surface area contributed by atoms with E-state index >= 15 is 0 Å². The molecular formula is C13H20N2. The maximum absolute atomic E-state index is 3.17. The quantitative estimate of drug-likeness (QED) is 0.752. The van der Waals surface area contributed by atoms with Gasteiger partial charge in [0.05, 0.1) is 0 Å². The molecule has 1 aliphatic rings. The Balaban J connectivity index is 2.03. The van der Waals surface area contributed by atoms with Crippen molar-refractivity contribution in [3.63, 3.8) is 0 Å². The number of benzene rings is 1. The fourth-order valence-electron chi connectivity index (χ4n) is 2.36. The number of aryl methyl sites for hydroxylation is 2. The predicted molar refractivity (Wildman–Crippen MR) is 63.9 cm³/mol. The molecule has 0 saturated carbocycles. The van der Waals surface area contributed by atoms with Crippen LogP contribution in [0.1, 0.15) is 23.1 Å². The van der Waals surface area contributed by atoms with Gasteiger partial charge >= 0.3 is 0 Å². The van der Waals surface area contributed by atoms with Gasteiger partial charge in [-0.1, -0.05) is 18.2 Å². The molecule has 1 aromatic carbocycles. The van der Waals surface area contributed by atoms with Crippen LogP contribution < -0.4 is 5.32 Å². The number of nitrogens with zero attached hydrogens (tertiary/aromatic N) is 1. The lowest BCUT2D eigenvalue weighted by Crippen LogP contribution is -2.28. The number of hydrogen-bond acceptors (Lipinski definition) is 2. The van der Waals surface area contributed by atoms with Crippen LogP contribution in [0.15, 0.2) is 18.2 Å². The summed E-state index contributed by atoms with van der Waals surface area (Å²) in [5.74, 6) is 0. The highest BCUT2D eigenvalue weighted by molar-refractivity contribution is 5.35.